The Labute approximate surface area is 172 Å². The molecule has 0 radical (unpaired) electrons. The summed E-state index contributed by atoms with van der Waals surface area (Å²) < 4.78 is 5.66. The van der Waals surface area contributed by atoms with E-state index in [1.807, 2.05) is 35.2 Å². The lowest BCUT2D eigenvalue weighted by atomic mass is 10.2. The lowest BCUT2D eigenvalue weighted by Gasteiger charge is -2.34. The van der Waals surface area contributed by atoms with E-state index >= 15 is 0 Å². The number of aromatic nitrogens is 2. The fraction of sp³-hybridized carbons (Fsp3) is 0.350. The van der Waals surface area contributed by atoms with Crippen molar-refractivity contribution in [2.75, 3.05) is 31.9 Å². The van der Waals surface area contributed by atoms with E-state index in [4.69, 9.17) is 4.42 Å². The van der Waals surface area contributed by atoms with E-state index in [1.54, 1.807) is 11.3 Å². The monoisotopic (exact) mass is 414 g/mol. The summed E-state index contributed by atoms with van der Waals surface area (Å²) in [6.07, 6.45) is 0.606. The van der Waals surface area contributed by atoms with E-state index < -0.39 is 0 Å². The summed E-state index contributed by atoms with van der Waals surface area (Å²) in [6.45, 7) is 4.34. The Morgan fingerprint density at radius 3 is 2.64 bits per heavy atom. The van der Waals surface area contributed by atoms with Crippen LogP contribution in [-0.4, -0.2) is 57.8 Å². The molecule has 0 saturated carbocycles. The molecule has 3 aromatic rings. The Morgan fingerprint density at radius 1 is 1.07 bits per heavy atom. The van der Waals surface area contributed by atoms with Crippen LogP contribution in [0, 0.1) is 0 Å². The van der Waals surface area contributed by atoms with Crippen molar-refractivity contribution in [3.63, 3.8) is 0 Å². The first-order valence-corrected chi connectivity index (χ1v) is 11.1. The first-order chi connectivity index (χ1) is 13.8. The molecule has 0 bridgehead atoms. The number of carbonyl (C=O) groups excluding carboxylic acids is 1. The van der Waals surface area contributed by atoms with Crippen molar-refractivity contribution in [2.24, 2.45) is 0 Å². The van der Waals surface area contributed by atoms with Gasteiger partial charge in [-0.2, -0.15) is 0 Å². The lowest BCUT2D eigenvalue weighted by molar-refractivity contribution is -0.130. The molecule has 4 rings (SSSR count). The number of thiophene rings is 1. The molecule has 1 aromatic carbocycles. The van der Waals surface area contributed by atoms with Gasteiger partial charge >= 0.3 is 0 Å². The summed E-state index contributed by atoms with van der Waals surface area (Å²) in [6, 6.07) is 14.2. The molecule has 1 aliphatic heterocycles. The zero-order valence-corrected chi connectivity index (χ0v) is 17.1. The van der Waals surface area contributed by atoms with E-state index in [9.17, 15) is 4.79 Å². The van der Waals surface area contributed by atoms with Gasteiger partial charge in [0.2, 0.25) is 11.8 Å². The molecule has 0 spiro atoms. The fourth-order valence-electron chi connectivity index (χ4n) is 3.13. The molecule has 1 aliphatic rings. The molecule has 2 aromatic heterocycles. The molecule has 0 N–H and O–H groups in total. The highest BCUT2D eigenvalue weighted by atomic mass is 32.2. The molecule has 1 fully saturated rings. The predicted molar refractivity (Wildman–Crippen MR) is 110 cm³/mol. The number of amides is 1. The van der Waals surface area contributed by atoms with Gasteiger partial charge in [-0.15, -0.1) is 21.5 Å². The number of carbonyl (C=O) groups is 1. The van der Waals surface area contributed by atoms with Gasteiger partial charge < -0.3 is 9.32 Å². The van der Waals surface area contributed by atoms with E-state index in [1.165, 1.54) is 16.6 Å². The van der Waals surface area contributed by atoms with Crippen LogP contribution in [0.5, 0.6) is 0 Å². The maximum atomic E-state index is 12.5. The average molecular weight is 415 g/mol. The summed E-state index contributed by atoms with van der Waals surface area (Å²) in [5.41, 5.74) is 1.12. The highest BCUT2D eigenvalue weighted by molar-refractivity contribution is 7.99. The number of hydrogen-bond donors (Lipinski definition) is 0. The number of benzene rings is 1. The summed E-state index contributed by atoms with van der Waals surface area (Å²) in [7, 11) is 0. The normalized spacial score (nSPS) is 15.1. The van der Waals surface area contributed by atoms with Crippen LogP contribution < -0.4 is 0 Å². The highest BCUT2D eigenvalue weighted by Crippen LogP contribution is 2.19. The van der Waals surface area contributed by atoms with Crippen molar-refractivity contribution >= 4 is 29.0 Å². The zero-order valence-electron chi connectivity index (χ0n) is 15.5. The Bertz CT molecular complexity index is 875. The molecule has 0 atom stereocenters. The first kappa shape index (κ1) is 19.2. The van der Waals surface area contributed by atoms with Gasteiger partial charge in [0.05, 0.1) is 12.2 Å². The Balaban J connectivity index is 1.21. The second-order valence-corrected chi connectivity index (χ2v) is 8.61. The van der Waals surface area contributed by atoms with Gasteiger partial charge in [-0.1, -0.05) is 48.2 Å². The maximum Gasteiger partial charge on any atom is 0.277 e. The van der Waals surface area contributed by atoms with Gasteiger partial charge in [-0.3, -0.25) is 9.69 Å². The number of thioether (sulfide) groups is 1. The molecule has 28 heavy (non-hydrogen) atoms. The van der Waals surface area contributed by atoms with Crippen molar-refractivity contribution < 1.29 is 9.21 Å². The molecule has 146 valence electrons. The Morgan fingerprint density at radius 2 is 1.89 bits per heavy atom. The second kappa shape index (κ2) is 9.36. The molecule has 1 saturated heterocycles. The van der Waals surface area contributed by atoms with Crippen LogP contribution in [0.25, 0.3) is 0 Å². The number of hydrogen-bond acceptors (Lipinski definition) is 7. The summed E-state index contributed by atoms with van der Waals surface area (Å²) in [4.78, 5) is 18.2. The molecule has 6 nitrogen and oxygen atoms in total. The van der Waals surface area contributed by atoms with Crippen LogP contribution in [-0.2, 0) is 17.8 Å². The largest absolute Gasteiger partial charge is 0.416 e. The standard InChI is InChI=1S/C20H22N4O2S2/c25-19(24-10-8-23(9-11-24)14-17-7-4-12-27-17)15-28-20-22-21-18(26-20)13-16-5-2-1-3-6-16/h1-7,12H,8-11,13-15H2. The molecule has 8 heteroatoms. The zero-order chi connectivity index (χ0) is 19.2. The quantitative estimate of drug-likeness (QED) is 0.554. The van der Waals surface area contributed by atoms with Crippen LogP contribution in [0.1, 0.15) is 16.3 Å². The van der Waals surface area contributed by atoms with Crippen molar-refractivity contribution in [3.8, 4) is 0 Å². The smallest absolute Gasteiger partial charge is 0.277 e. The van der Waals surface area contributed by atoms with Crippen LogP contribution >= 0.6 is 23.1 Å². The molecule has 0 aliphatic carbocycles. The van der Waals surface area contributed by atoms with E-state index in [0.29, 0.717) is 23.3 Å². The molecular weight excluding hydrogens is 392 g/mol. The second-order valence-electron chi connectivity index (χ2n) is 6.65. The third-order valence-corrected chi connectivity index (χ3v) is 6.31. The summed E-state index contributed by atoms with van der Waals surface area (Å²) in [5.74, 6) is 1.03. The molecule has 0 unspecified atom stereocenters. The Kier molecular flexibility index (Phi) is 6.41. The SMILES string of the molecule is O=C(CSc1nnc(Cc2ccccc2)o1)N1CCN(Cc2cccs2)CC1. The number of piperazine rings is 1. The molecular formula is C20H22N4O2S2. The van der Waals surface area contributed by atoms with Crippen molar-refractivity contribution in [2.45, 2.75) is 18.2 Å². The summed E-state index contributed by atoms with van der Waals surface area (Å²) in [5, 5.41) is 10.7. The topological polar surface area (TPSA) is 62.5 Å². The minimum atomic E-state index is 0.128. The van der Waals surface area contributed by atoms with E-state index in [2.05, 4.69) is 32.6 Å². The van der Waals surface area contributed by atoms with Crippen molar-refractivity contribution in [1.82, 2.24) is 20.0 Å². The van der Waals surface area contributed by atoms with Gasteiger partial charge in [0.15, 0.2) is 0 Å². The Hall–Kier alpha value is -2.16. The maximum absolute atomic E-state index is 12.5. The molecule has 3 heterocycles. The molecule has 1 amide bonds. The van der Waals surface area contributed by atoms with Crippen molar-refractivity contribution in [3.05, 3.63) is 64.2 Å². The minimum Gasteiger partial charge on any atom is -0.416 e. The van der Waals surface area contributed by atoms with Crippen LogP contribution in [0.3, 0.4) is 0 Å². The van der Waals surface area contributed by atoms with E-state index in [-0.39, 0.29) is 5.91 Å². The van der Waals surface area contributed by atoms with Crippen LogP contribution in [0.2, 0.25) is 0 Å². The average Bonchev–Trinajstić information content (AvgIpc) is 3.40. The van der Waals surface area contributed by atoms with Gasteiger partial charge in [0.25, 0.3) is 5.22 Å². The fourth-order valence-corrected chi connectivity index (χ4v) is 4.56. The third kappa shape index (κ3) is 5.21. The van der Waals surface area contributed by atoms with Gasteiger partial charge in [-0.05, 0) is 17.0 Å². The number of nitrogens with zero attached hydrogens (tertiary/aromatic N) is 4. The van der Waals surface area contributed by atoms with Crippen LogP contribution in [0.4, 0.5) is 0 Å². The first-order valence-electron chi connectivity index (χ1n) is 9.28. The van der Waals surface area contributed by atoms with Crippen LogP contribution in [0.15, 0.2) is 57.5 Å². The van der Waals surface area contributed by atoms with Gasteiger partial charge in [0.1, 0.15) is 0 Å². The van der Waals surface area contributed by atoms with Gasteiger partial charge in [0, 0.05) is 37.6 Å². The van der Waals surface area contributed by atoms with Gasteiger partial charge in [-0.25, -0.2) is 0 Å². The van der Waals surface area contributed by atoms with Crippen molar-refractivity contribution in [1.29, 1.82) is 0 Å². The predicted octanol–water partition coefficient (Wildman–Crippen LogP) is 3.16. The highest BCUT2D eigenvalue weighted by Gasteiger charge is 2.22. The summed E-state index contributed by atoms with van der Waals surface area (Å²) >= 11 is 3.10. The third-order valence-electron chi connectivity index (χ3n) is 4.65. The minimum absolute atomic E-state index is 0.128. The lowest BCUT2D eigenvalue weighted by Crippen LogP contribution is -2.48. The number of rotatable bonds is 7. The van der Waals surface area contributed by atoms with E-state index in [0.717, 1.165) is 38.3 Å².